The number of carbonyl (C=O) groups is 1. The van der Waals surface area contributed by atoms with Gasteiger partial charge in [-0.05, 0) is 30.7 Å². The zero-order chi connectivity index (χ0) is 14.5. The number of nitrogens with zero attached hydrogens (tertiary/aromatic N) is 2. The Labute approximate surface area is 127 Å². The Kier molecular flexibility index (Phi) is 4.57. The molecule has 3 rings (SSSR count). The summed E-state index contributed by atoms with van der Waals surface area (Å²) in [6, 6.07) is 1.81. The molecular formula is C15H17N3O2S. The molecule has 1 atom stereocenters. The molecule has 0 spiro atoms. The third kappa shape index (κ3) is 3.65. The van der Waals surface area contributed by atoms with Crippen LogP contribution in [0.4, 0.5) is 0 Å². The summed E-state index contributed by atoms with van der Waals surface area (Å²) in [5, 5.41) is 6.57. The lowest BCUT2D eigenvalue weighted by Gasteiger charge is -2.21. The summed E-state index contributed by atoms with van der Waals surface area (Å²) in [6.07, 6.45) is 6.79. The number of aromatic nitrogens is 2. The van der Waals surface area contributed by atoms with Gasteiger partial charge in [-0.1, -0.05) is 0 Å². The van der Waals surface area contributed by atoms with E-state index in [1.807, 2.05) is 10.8 Å². The highest BCUT2D eigenvalue weighted by molar-refractivity contribution is 7.08. The Balaban J connectivity index is 1.55. The highest BCUT2D eigenvalue weighted by Crippen LogP contribution is 2.24. The molecule has 3 heterocycles. The molecule has 1 saturated heterocycles. The number of thiophene rings is 1. The van der Waals surface area contributed by atoms with Crippen molar-refractivity contribution < 1.29 is 9.53 Å². The summed E-state index contributed by atoms with van der Waals surface area (Å²) in [4.78, 5) is 20.5. The number of nitrogens with one attached hydrogen (secondary N) is 1. The van der Waals surface area contributed by atoms with Crippen molar-refractivity contribution in [1.29, 1.82) is 0 Å². The molecule has 5 nitrogen and oxygen atoms in total. The van der Waals surface area contributed by atoms with Crippen LogP contribution in [0.5, 0.6) is 0 Å². The minimum Gasteiger partial charge on any atom is -0.370 e. The van der Waals surface area contributed by atoms with Gasteiger partial charge in [-0.25, -0.2) is 9.97 Å². The second-order valence-electron chi connectivity index (χ2n) is 5.00. The van der Waals surface area contributed by atoms with E-state index < -0.39 is 0 Å². The molecule has 1 fully saturated rings. The number of hydrogen-bond donors (Lipinski definition) is 1. The van der Waals surface area contributed by atoms with E-state index in [1.54, 1.807) is 18.5 Å². The van der Waals surface area contributed by atoms with Crippen LogP contribution in [0, 0.1) is 0 Å². The van der Waals surface area contributed by atoms with Crippen LogP contribution in [0.25, 0.3) is 0 Å². The fourth-order valence-electron chi connectivity index (χ4n) is 2.24. The molecule has 2 aromatic rings. The van der Waals surface area contributed by atoms with Crippen LogP contribution in [0.15, 0.2) is 29.2 Å². The molecule has 1 N–H and O–H groups in total. The number of carbonyl (C=O) groups excluding carboxylic acids is 1. The number of hydrogen-bond acceptors (Lipinski definition) is 5. The summed E-state index contributed by atoms with van der Waals surface area (Å²) in [6.45, 7) is 1.22. The summed E-state index contributed by atoms with van der Waals surface area (Å²) in [5.74, 6) is 0.665. The maximum absolute atomic E-state index is 11.8. The van der Waals surface area contributed by atoms with E-state index in [4.69, 9.17) is 4.74 Å². The second-order valence-corrected chi connectivity index (χ2v) is 5.78. The number of amides is 1. The Hall–Kier alpha value is -1.79. The van der Waals surface area contributed by atoms with E-state index in [9.17, 15) is 4.79 Å². The summed E-state index contributed by atoms with van der Waals surface area (Å²) in [7, 11) is 0. The van der Waals surface area contributed by atoms with E-state index in [2.05, 4.69) is 15.3 Å². The van der Waals surface area contributed by atoms with Gasteiger partial charge in [0, 0.05) is 42.1 Å². The monoisotopic (exact) mass is 303 g/mol. The molecule has 0 unspecified atom stereocenters. The molecule has 0 radical (unpaired) electrons. The molecular weight excluding hydrogens is 286 g/mol. The predicted octanol–water partition coefficient (Wildman–Crippen LogP) is 2.71. The maximum Gasteiger partial charge on any atom is 0.252 e. The standard InChI is InChI=1S/C15H17N3O2S/c19-15(12-4-6-21-10-12)18-9-11-7-16-14(17-8-11)13-3-1-2-5-20-13/h4,6-8,10,13H,1-3,5,9H2,(H,18,19)/t13-/m1/s1. The van der Waals surface area contributed by atoms with E-state index in [0.717, 1.165) is 37.3 Å². The molecule has 1 aliphatic heterocycles. The van der Waals surface area contributed by atoms with E-state index >= 15 is 0 Å². The summed E-state index contributed by atoms with van der Waals surface area (Å²) in [5.41, 5.74) is 1.58. The van der Waals surface area contributed by atoms with Crippen LogP contribution < -0.4 is 5.32 Å². The van der Waals surface area contributed by atoms with Crippen LogP contribution in [-0.4, -0.2) is 22.5 Å². The molecule has 2 aromatic heterocycles. The number of ether oxygens (including phenoxy) is 1. The van der Waals surface area contributed by atoms with Gasteiger partial charge < -0.3 is 10.1 Å². The van der Waals surface area contributed by atoms with E-state index in [0.29, 0.717) is 12.1 Å². The molecule has 1 amide bonds. The molecule has 0 saturated carbocycles. The maximum atomic E-state index is 11.8. The zero-order valence-corrected chi connectivity index (χ0v) is 12.4. The Morgan fingerprint density at radius 3 is 2.90 bits per heavy atom. The van der Waals surface area contributed by atoms with Gasteiger partial charge >= 0.3 is 0 Å². The van der Waals surface area contributed by atoms with Crippen molar-refractivity contribution in [2.75, 3.05) is 6.61 Å². The number of rotatable bonds is 4. The zero-order valence-electron chi connectivity index (χ0n) is 11.6. The summed E-state index contributed by atoms with van der Waals surface area (Å²) < 4.78 is 5.66. The lowest BCUT2D eigenvalue weighted by Crippen LogP contribution is -2.22. The van der Waals surface area contributed by atoms with Crippen molar-refractivity contribution in [3.8, 4) is 0 Å². The van der Waals surface area contributed by atoms with Crippen molar-refractivity contribution in [1.82, 2.24) is 15.3 Å². The van der Waals surface area contributed by atoms with Crippen molar-refractivity contribution in [2.24, 2.45) is 0 Å². The van der Waals surface area contributed by atoms with Gasteiger partial charge in [0.1, 0.15) is 6.10 Å². The van der Waals surface area contributed by atoms with Crippen LogP contribution >= 0.6 is 11.3 Å². The minimum absolute atomic E-state index is 0.0215. The molecule has 0 aliphatic carbocycles. The van der Waals surface area contributed by atoms with Crippen molar-refractivity contribution in [3.63, 3.8) is 0 Å². The van der Waals surface area contributed by atoms with Gasteiger partial charge in [0.15, 0.2) is 5.82 Å². The predicted molar refractivity (Wildman–Crippen MR) is 80.1 cm³/mol. The fourth-order valence-corrected chi connectivity index (χ4v) is 2.88. The Bertz CT molecular complexity index is 577. The lowest BCUT2D eigenvalue weighted by molar-refractivity contribution is 0.00940. The van der Waals surface area contributed by atoms with E-state index in [1.165, 1.54) is 11.3 Å². The fraction of sp³-hybridized carbons (Fsp3) is 0.400. The van der Waals surface area contributed by atoms with Crippen LogP contribution in [-0.2, 0) is 11.3 Å². The minimum atomic E-state index is -0.0732. The summed E-state index contributed by atoms with van der Waals surface area (Å²) >= 11 is 1.51. The average molecular weight is 303 g/mol. The lowest BCUT2D eigenvalue weighted by atomic mass is 10.1. The first-order valence-corrected chi connectivity index (χ1v) is 8.00. The van der Waals surface area contributed by atoms with E-state index in [-0.39, 0.29) is 12.0 Å². The van der Waals surface area contributed by atoms with Gasteiger partial charge in [-0.3, -0.25) is 4.79 Å². The van der Waals surface area contributed by atoms with Crippen molar-refractivity contribution >= 4 is 17.2 Å². The first-order valence-electron chi connectivity index (χ1n) is 7.06. The first kappa shape index (κ1) is 14.2. The van der Waals surface area contributed by atoms with Gasteiger partial charge in [0.25, 0.3) is 5.91 Å². The Morgan fingerprint density at radius 1 is 1.38 bits per heavy atom. The molecule has 0 aromatic carbocycles. The van der Waals surface area contributed by atoms with Crippen molar-refractivity contribution in [2.45, 2.75) is 31.9 Å². The Morgan fingerprint density at radius 2 is 2.24 bits per heavy atom. The molecule has 0 bridgehead atoms. The quantitative estimate of drug-likeness (QED) is 0.943. The van der Waals surface area contributed by atoms with Gasteiger partial charge in [-0.15, -0.1) is 0 Å². The highest BCUT2D eigenvalue weighted by Gasteiger charge is 2.18. The van der Waals surface area contributed by atoms with Crippen LogP contribution in [0.1, 0.15) is 47.1 Å². The molecule has 21 heavy (non-hydrogen) atoms. The van der Waals surface area contributed by atoms with Gasteiger partial charge in [0.05, 0.1) is 0 Å². The highest BCUT2D eigenvalue weighted by atomic mass is 32.1. The van der Waals surface area contributed by atoms with Crippen LogP contribution in [0.2, 0.25) is 0 Å². The van der Waals surface area contributed by atoms with Crippen LogP contribution in [0.3, 0.4) is 0 Å². The third-order valence-corrected chi connectivity index (χ3v) is 4.11. The average Bonchev–Trinajstić information content (AvgIpc) is 3.08. The first-order chi connectivity index (χ1) is 10.3. The SMILES string of the molecule is O=C(NCc1cnc([C@H]2CCCCO2)nc1)c1ccsc1. The second kappa shape index (κ2) is 6.78. The van der Waals surface area contributed by atoms with Crippen molar-refractivity contribution in [3.05, 3.63) is 46.2 Å². The topological polar surface area (TPSA) is 64.1 Å². The molecule has 6 heteroatoms. The molecule has 110 valence electrons. The van der Waals surface area contributed by atoms with Gasteiger partial charge in [0.2, 0.25) is 0 Å². The molecule has 1 aliphatic rings. The normalized spacial score (nSPS) is 18.4. The smallest absolute Gasteiger partial charge is 0.252 e. The third-order valence-electron chi connectivity index (χ3n) is 3.43. The largest absolute Gasteiger partial charge is 0.370 e. The van der Waals surface area contributed by atoms with Gasteiger partial charge in [-0.2, -0.15) is 11.3 Å².